The van der Waals surface area contributed by atoms with Crippen molar-refractivity contribution < 1.29 is 32.3 Å². The number of carboxylic acids is 1. The first kappa shape index (κ1) is 25.0. The van der Waals surface area contributed by atoms with E-state index in [9.17, 15) is 27.2 Å². The van der Waals surface area contributed by atoms with E-state index in [1.807, 2.05) is 13.8 Å². The Balaban J connectivity index is 2.25. The molecule has 0 bridgehead atoms. The van der Waals surface area contributed by atoms with Crippen LogP contribution in [0.1, 0.15) is 33.1 Å². The van der Waals surface area contributed by atoms with Gasteiger partial charge in [0.2, 0.25) is 0 Å². The van der Waals surface area contributed by atoms with Crippen molar-refractivity contribution in [2.24, 2.45) is 11.0 Å². The number of carbonyl (C=O) groups is 2. The molecule has 1 saturated heterocycles. The zero-order valence-electron chi connectivity index (χ0n) is 17.6. The number of allylic oxidation sites excluding steroid dienone is 1. The molecule has 0 aromatic carbocycles. The number of likely N-dealkylation sites (tertiary alicyclic amines) is 1. The Morgan fingerprint density at radius 3 is 2.52 bits per heavy atom. The standard InChI is InChI=1S/C19H27BF4N4O3/c1-11(2)7-15(18(31)25-5-3-16(29)30)28-17(20)14(19(22,23)24)8-13(26-28)4-6-27-9-12(21)10-27/h8,11-12,15,20H,3-7,9-10H2,1-2H3,(H,25,31)(H,29,30). The Kier molecular flexibility index (Phi) is 8.38. The fourth-order valence-corrected chi connectivity index (χ4v) is 3.36. The maximum absolute atomic E-state index is 13.6. The third-order valence-corrected chi connectivity index (χ3v) is 4.97. The van der Waals surface area contributed by atoms with Gasteiger partial charge in [0.25, 0.3) is 0 Å². The van der Waals surface area contributed by atoms with Crippen LogP contribution in [-0.4, -0.2) is 90.2 Å². The van der Waals surface area contributed by atoms with E-state index in [1.165, 1.54) is 0 Å². The molecule has 0 aromatic heterocycles. The molecule has 1 atom stereocenters. The molecule has 0 aliphatic carbocycles. The molecule has 0 saturated carbocycles. The third-order valence-electron chi connectivity index (χ3n) is 4.97. The van der Waals surface area contributed by atoms with Crippen molar-refractivity contribution in [1.29, 1.82) is 0 Å². The van der Waals surface area contributed by atoms with Gasteiger partial charge in [-0.25, -0.2) is 0 Å². The molecular weight excluding hydrogens is 419 g/mol. The molecule has 1 fully saturated rings. The third kappa shape index (κ3) is 7.15. The summed E-state index contributed by atoms with van der Waals surface area (Å²) in [6.07, 6.45) is -4.66. The number of nitrogens with zero attached hydrogens (tertiary/aromatic N) is 3. The van der Waals surface area contributed by atoms with Gasteiger partial charge in [-0.15, -0.1) is 0 Å². The molecule has 2 N–H and O–H groups in total. The van der Waals surface area contributed by atoms with Gasteiger partial charge in [0.15, 0.2) is 0 Å². The van der Waals surface area contributed by atoms with Crippen LogP contribution in [0.5, 0.6) is 0 Å². The molecule has 0 aromatic rings. The van der Waals surface area contributed by atoms with Gasteiger partial charge >= 0.3 is 178 Å². The molecule has 0 radical (unpaired) electrons. The molecular formula is C19H27BF4N4O3. The first-order valence-corrected chi connectivity index (χ1v) is 10.1. The molecule has 31 heavy (non-hydrogen) atoms. The zero-order chi connectivity index (χ0) is 23.3. The number of aliphatic carboxylic acids is 1. The number of halogens is 4. The minimum absolute atomic E-state index is 0.0514. The van der Waals surface area contributed by atoms with Crippen LogP contribution < -0.4 is 5.32 Å². The van der Waals surface area contributed by atoms with Crippen LogP contribution in [0.25, 0.3) is 0 Å². The topological polar surface area (TPSA) is 85.2 Å². The van der Waals surface area contributed by atoms with Crippen molar-refractivity contribution in [3.8, 4) is 0 Å². The monoisotopic (exact) mass is 446 g/mol. The number of hydrogen-bond acceptors (Lipinski definition) is 5. The first-order chi connectivity index (χ1) is 14.4. The average molecular weight is 446 g/mol. The van der Waals surface area contributed by atoms with Crippen molar-refractivity contribution in [1.82, 2.24) is 15.2 Å². The summed E-state index contributed by atoms with van der Waals surface area (Å²) in [6.45, 7) is 4.30. The van der Waals surface area contributed by atoms with Crippen LogP contribution in [0.4, 0.5) is 17.6 Å². The Morgan fingerprint density at radius 2 is 2.00 bits per heavy atom. The summed E-state index contributed by atoms with van der Waals surface area (Å²) < 4.78 is 53.9. The van der Waals surface area contributed by atoms with Gasteiger partial charge in [-0.2, -0.15) is 0 Å². The van der Waals surface area contributed by atoms with E-state index in [4.69, 9.17) is 5.11 Å². The molecule has 1 amide bonds. The second kappa shape index (κ2) is 10.4. The fraction of sp³-hybridized carbons (Fsp3) is 0.684. The molecule has 0 spiro atoms. The van der Waals surface area contributed by atoms with Crippen molar-refractivity contribution >= 4 is 30.7 Å². The quantitative estimate of drug-likeness (QED) is 0.390. The SMILES string of the molecule is B=C1C(C(F)(F)F)=CC(CCN2CC(F)C2)=NN1C(CC(C)C)C(=O)NCCC(=O)O. The van der Waals surface area contributed by atoms with E-state index >= 15 is 0 Å². The number of amides is 1. The summed E-state index contributed by atoms with van der Waals surface area (Å²) in [6, 6.07) is -1.08. The number of rotatable bonds is 10. The van der Waals surface area contributed by atoms with Gasteiger partial charge < -0.3 is 0 Å². The summed E-state index contributed by atoms with van der Waals surface area (Å²) in [5, 5.41) is 16.5. The summed E-state index contributed by atoms with van der Waals surface area (Å²) >= 11 is 0. The number of alkyl halides is 4. The van der Waals surface area contributed by atoms with E-state index in [-0.39, 0.29) is 50.5 Å². The summed E-state index contributed by atoms with van der Waals surface area (Å²) in [5.41, 5.74) is -1.31. The van der Waals surface area contributed by atoms with Crippen molar-refractivity contribution in [3.63, 3.8) is 0 Å². The Hall–Kier alpha value is -2.24. The Bertz CT molecular complexity index is 764. The van der Waals surface area contributed by atoms with Gasteiger partial charge in [-0.1, -0.05) is 0 Å². The molecule has 172 valence electrons. The number of nitrogens with one attached hydrogen (secondary N) is 1. The van der Waals surface area contributed by atoms with E-state index in [1.54, 1.807) is 4.90 Å². The zero-order valence-corrected chi connectivity index (χ0v) is 17.6. The van der Waals surface area contributed by atoms with E-state index in [0.717, 1.165) is 11.1 Å². The number of hydrazone groups is 1. The molecule has 2 heterocycles. The van der Waals surface area contributed by atoms with Gasteiger partial charge in [-0.3, -0.25) is 0 Å². The van der Waals surface area contributed by atoms with Crippen molar-refractivity contribution in [2.45, 2.75) is 51.5 Å². The van der Waals surface area contributed by atoms with E-state index in [2.05, 4.69) is 17.9 Å². The Morgan fingerprint density at radius 1 is 1.35 bits per heavy atom. The van der Waals surface area contributed by atoms with Gasteiger partial charge in [0.1, 0.15) is 0 Å². The number of carboxylic acid groups (broad SMARTS) is 1. The number of hydrogen-bond donors (Lipinski definition) is 2. The maximum atomic E-state index is 13.6. The minimum atomic E-state index is -4.69. The van der Waals surface area contributed by atoms with Gasteiger partial charge in [0, 0.05) is 0 Å². The van der Waals surface area contributed by atoms with Crippen LogP contribution in [-0.2, 0) is 9.59 Å². The molecule has 12 heteroatoms. The van der Waals surface area contributed by atoms with Crippen LogP contribution >= 0.6 is 0 Å². The number of carbonyl (C=O) groups excluding carboxylic acids is 1. The van der Waals surface area contributed by atoms with Crippen LogP contribution in [0, 0.1) is 5.92 Å². The van der Waals surface area contributed by atoms with Crippen LogP contribution in [0.2, 0.25) is 0 Å². The predicted molar refractivity (Wildman–Crippen MR) is 110 cm³/mol. The van der Waals surface area contributed by atoms with Crippen molar-refractivity contribution in [3.05, 3.63) is 11.6 Å². The normalized spacial score (nSPS) is 19.0. The van der Waals surface area contributed by atoms with Crippen molar-refractivity contribution in [2.75, 3.05) is 26.2 Å². The van der Waals surface area contributed by atoms with E-state index in [0.29, 0.717) is 6.54 Å². The second-order valence-corrected chi connectivity index (χ2v) is 8.13. The predicted octanol–water partition coefficient (Wildman–Crippen LogP) is 1.23. The average Bonchev–Trinajstić information content (AvgIpc) is 2.61. The first-order valence-electron chi connectivity index (χ1n) is 10.1. The molecule has 2 rings (SSSR count). The summed E-state index contributed by atoms with van der Waals surface area (Å²) in [5.74, 6) is -1.78. The van der Waals surface area contributed by atoms with E-state index < -0.39 is 41.4 Å². The molecule has 2 aliphatic heterocycles. The second-order valence-electron chi connectivity index (χ2n) is 8.13. The molecule has 1 unspecified atom stereocenters. The summed E-state index contributed by atoms with van der Waals surface area (Å²) in [4.78, 5) is 25.2. The fourth-order valence-electron chi connectivity index (χ4n) is 3.36. The summed E-state index contributed by atoms with van der Waals surface area (Å²) in [7, 11) is 3.53. The van der Waals surface area contributed by atoms with Gasteiger partial charge in [0.05, 0.1) is 0 Å². The molecule has 2 aliphatic rings. The molecule has 7 nitrogen and oxygen atoms in total. The van der Waals surface area contributed by atoms with Crippen LogP contribution in [0.3, 0.4) is 0 Å². The Labute approximate surface area is 179 Å². The van der Waals surface area contributed by atoms with Crippen LogP contribution in [0.15, 0.2) is 16.8 Å². The van der Waals surface area contributed by atoms with Gasteiger partial charge in [-0.05, 0) is 0 Å².